The molecule has 2 rings (SSSR count). The van der Waals surface area contributed by atoms with E-state index in [-0.39, 0.29) is 0 Å². The number of nitrogens with one attached hydrogen (secondary N) is 1. The molecule has 2 nitrogen and oxygen atoms in total. The van der Waals surface area contributed by atoms with Gasteiger partial charge < -0.3 is 4.98 Å². The molecule has 0 bridgehead atoms. The highest BCUT2D eigenvalue weighted by Crippen LogP contribution is 2.24. The Balaban J connectivity index is 2.68. The predicted octanol–water partition coefficient (Wildman–Crippen LogP) is 4.22. The summed E-state index contributed by atoms with van der Waals surface area (Å²) in [5, 5.41) is 0. The zero-order chi connectivity index (χ0) is 12.4. The number of aromatic nitrogens is 2. The highest BCUT2D eigenvalue weighted by atomic mass is 32.1. The molecule has 1 N–H and O–H groups in total. The van der Waals surface area contributed by atoms with E-state index in [1.54, 1.807) is 0 Å². The van der Waals surface area contributed by atoms with Crippen LogP contribution in [0.4, 0.5) is 0 Å². The Morgan fingerprint density at radius 2 is 2.00 bits per heavy atom. The molecule has 1 heterocycles. The van der Waals surface area contributed by atoms with Crippen LogP contribution in [0, 0.1) is 4.77 Å². The minimum absolute atomic E-state index is 0.493. The van der Waals surface area contributed by atoms with Gasteiger partial charge >= 0.3 is 0 Å². The molecule has 0 amide bonds. The van der Waals surface area contributed by atoms with Gasteiger partial charge in [0, 0.05) is 11.9 Å². The number of para-hydroxylation sites is 1. The van der Waals surface area contributed by atoms with Gasteiger partial charge in [-0.05, 0) is 36.2 Å². The van der Waals surface area contributed by atoms with Crippen molar-refractivity contribution in [3.63, 3.8) is 0 Å². The molecule has 17 heavy (non-hydrogen) atoms. The van der Waals surface area contributed by atoms with Crippen LogP contribution in [0.1, 0.15) is 37.9 Å². The molecular formula is C14H18N2S. The highest BCUT2D eigenvalue weighted by Gasteiger charge is 2.11. The van der Waals surface area contributed by atoms with E-state index in [1.807, 2.05) is 6.20 Å². The second kappa shape index (κ2) is 4.88. The van der Waals surface area contributed by atoms with Gasteiger partial charge in [0.05, 0.1) is 5.69 Å². The molecule has 0 aliphatic carbocycles. The summed E-state index contributed by atoms with van der Waals surface area (Å²) >= 11 is 5.37. The third kappa shape index (κ3) is 2.20. The molecule has 90 valence electrons. The van der Waals surface area contributed by atoms with E-state index in [1.165, 1.54) is 16.9 Å². The van der Waals surface area contributed by atoms with Crippen LogP contribution in [-0.2, 0) is 6.42 Å². The zero-order valence-electron chi connectivity index (χ0n) is 10.5. The molecule has 0 unspecified atom stereocenters. The number of benzene rings is 1. The van der Waals surface area contributed by atoms with Crippen LogP contribution in [0.2, 0.25) is 0 Å². The van der Waals surface area contributed by atoms with Gasteiger partial charge in [0.1, 0.15) is 0 Å². The number of hydrogen-bond acceptors (Lipinski definition) is 1. The number of hydrogen-bond donors (Lipinski definition) is 1. The van der Waals surface area contributed by atoms with Crippen molar-refractivity contribution in [1.82, 2.24) is 9.55 Å². The van der Waals surface area contributed by atoms with Crippen LogP contribution in [0.25, 0.3) is 5.69 Å². The molecule has 0 saturated heterocycles. The molecule has 0 spiro atoms. The van der Waals surface area contributed by atoms with Crippen molar-refractivity contribution in [3.05, 3.63) is 46.5 Å². The third-order valence-corrected chi connectivity index (χ3v) is 3.31. The molecular weight excluding hydrogens is 228 g/mol. The van der Waals surface area contributed by atoms with Crippen LogP contribution < -0.4 is 0 Å². The first-order chi connectivity index (χ1) is 8.15. The fraction of sp³-hybridized carbons (Fsp3) is 0.357. The Labute approximate surface area is 107 Å². The first-order valence-electron chi connectivity index (χ1n) is 6.03. The Morgan fingerprint density at radius 3 is 2.65 bits per heavy atom. The average molecular weight is 246 g/mol. The molecule has 1 aromatic heterocycles. The number of imidazole rings is 1. The minimum atomic E-state index is 0.493. The SMILES string of the molecule is CCc1c[nH]c(=S)n1-c1ccccc1C(C)C. The lowest BCUT2D eigenvalue weighted by molar-refractivity contribution is 0.829. The molecule has 3 heteroatoms. The van der Waals surface area contributed by atoms with E-state index >= 15 is 0 Å². The van der Waals surface area contributed by atoms with Gasteiger partial charge in [0.25, 0.3) is 0 Å². The molecule has 0 atom stereocenters. The molecule has 0 radical (unpaired) electrons. The molecule has 0 saturated carbocycles. The predicted molar refractivity (Wildman–Crippen MR) is 74.4 cm³/mol. The van der Waals surface area contributed by atoms with Crippen molar-refractivity contribution in [2.45, 2.75) is 33.1 Å². The first kappa shape index (κ1) is 12.1. The van der Waals surface area contributed by atoms with E-state index in [9.17, 15) is 0 Å². The van der Waals surface area contributed by atoms with Crippen LogP contribution >= 0.6 is 12.2 Å². The summed E-state index contributed by atoms with van der Waals surface area (Å²) in [4.78, 5) is 3.13. The number of aryl methyl sites for hydroxylation is 1. The zero-order valence-corrected chi connectivity index (χ0v) is 11.3. The molecule has 2 aromatic rings. The number of H-pyrrole nitrogens is 1. The minimum Gasteiger partial charge on any atom is -0.337 e. The Morgan fingerprint density at radius 1 is 1.29 bits per heavy atom. The lowest BCUT2D eigenvalue weighted by Crippen LogP contribution is -2.04. The quantitative estimate of drug-likeness (QED) is 0.804. The fourth-order valence-corrected chi connectivity index (χ4v) is 2.38. The number of aromatic amines is 1. The molecule has 0 fully saturated rings. The maximum absolute atomic E-state index is 5.37. The van der Waals surface area contributed by atoms with Crippen LogP contribution in [0.5, 0.6) is 0 Å². The van der Waals surface area contributed by atoms with E-state index in [2.05, 4.69) is 54.6 Å². The van der Waals surface area contributed by atoms with Crippen molar-refractivity contribution in [3.8, 4) is 5.69 Å². The van der Waals surface area contributed by atoms with Crippen LogP contribution in [0.15, 0.2) is 30.5 Å². The third-order valence-electron chi connectivity index (χ3n) is 3.01. The van der Waals surface area contributed by atoms with Gasteiger partial charge in [-0.15, -0.1) is 0 Å². The summed E-state index contributed by atoms with van der Waals surface area (Å²) in [7, 11) is 0. The summed E-state index contributed by atoms with van der Waals surface area (Å²) in [6.45, 7) is 6.56. The summed E-state index contributed by atoms with van der Waals surface area (Å²) in [5.41, 5.74) is 3.76. The largest absolute Gasteiger partial charge is 0.337 e. The maximum atomic E-state index is 5.37. The average Bonchev–Trinajstić information content (AvgIpc) is 2.70. The summed E-state index contributed by atoms with van der Waals surface area (Å²) in [5.74, 6) is 0.493. The Bertz CT molecular complexity index is 564. The smallest absolute Gasteiger partial charge is 0.182 e. The van der Waals surface area contributed by atoms with Crippen molar-refractivity contribution in [2.24, 2.45) is 0 Å². The normalized spacial score (nSPS) is 11.1. The van der Waals surface area contributed by atoms with Gasteiger partial charge in [-0.2, -0.15) is 0 Å². The second-order valence-corrected chi connectivity index (χ2v) is 4.87. The molecule has 0 aliphatic rings. The standard InChI is InChI=1S/C14H18N2S/c1-4-11-9-15-14(17)16(11)13-8-6-5-7-12(13)10(2)3/h5-10H,4H2,1-3H3,(H,15,17). The lowest BCUT2D eigenvalue weighted by atomic mass is 10.0. The number of rotatable bonds is 3. The summed E-state index contributed by atoms with van der Waals surface area (Å²) in [6.07, 6.45) is 2.97. The van der Waals surface area contributed by atoms with Gasteiger partial charge in [-0.1, -0.05) is 39.0 Å². The van der Waals surface area contributed by atoms with Crippen LogP contribution in [-0.4, -0.2) is 9.55 Å². The molecule has 0 aliphatic heterocycles. The van der Waals surface area contributed by atoms with Gasteiger partial charge in [0.2, 0.25) is 0 Å². The van der Waals surface area contributed by atoms with Crippen molar-refractivity contribution < 1.29 is 0 Å². The molecule has 1 aromatic carbocycles. The second-order valence-electron chi connectivity index (χ2n) is 4.49. The van der Waals surface area contributed by atoms with Gasteiger partial charge in [-0.3, -0.25) is 4.57 Å². The topological polar surface area (TPSA) is 20.7 Å². The number of nitrogens with zero attached hydrogens (tertiary/aromatic N) is 1. The monoisotopic (exact) mass is 246 g/mol. The Hall–Kier alpha value is -1.35. The van der Waals surface area contributed by atoms with Gasteiger partial charge in [0.15, 0.2) is 4.77 Å². The summed E-state index contributed by atoms with van der Waals surface area (Å²) < 4.78 is 2.92. The van der Waals surface area contributed by atoms with Crippen LogP contribution in [0.3, 0.4) is 0 Å². The van der Waals surface area contributed by atoms with E-state index < -0.39 is 0 Å². The van der Waals surface area contributed by atoms with Crippen molar-refractivity contribution >= 4 is 12.2 Å². The fourth-order valence-electron chi connectivity index (χ4n) is 2.11. The van der Waals surface area contributed by atoms with Crippen molar-refractivity contribution in [2.75, 3.05) is 0 Å². The summed E-state index contributed by atoms with van der Waals surface area (Å²) in [6, 6.07) is 8.46. The lowest BCUT2D eigenvalue weighted by Gasteiger charge is -2.15. The Kier molecular flexibility index (Phi) is 3.48. The van der Waals surface area contributed by atoms with E-state index in [0.29, 0.717) is 5.92 Å². The highest BCUT2D eigenvalue weighted by molar-refractivity contribution is 7.71. The maximum Gasteiger partial charge on any atom is 0.182 e. The van der Waals surface area contributed by atoms with E-state index in [0.717, 1.165) is 11.2 Å². The first-order valence-corrected chi connectivity index (χ1v) is 6.44. The van der Waals surface area contributed by atoms with Crippen molar-refractivity contribution in [1.29, 1.82) is 0 Å². The van der Waals surface area contributed by atoms with E-state index in [4.69, 9.17) is 12.2 Å². The van der Waals surface area contributed by atoms with Gasteiger partial charge in [-0.25, -0.2) is 0 Å².